The second kappa shape index (κ2) is 8.92. The van der Waals surface area contributed by atoms with E-state index >= 15 is 0 Å². The van der Waals surface area contributed by atoms with E-state index < -0.39 is 0 Å². The Morgan fingerprint density at radius 3 is 2.40 bits per heavy atom. The summed E-state index contributed by atoms with van der Waals surface area (Å²) in [5.74, 6) is 0.633. The largest absolute Gasteiger partial charge is 0.495 e. The van der Waals surface area contributed by atoms with Crippen molar-refractivity contribution in [1.82, 2.24) is 0 Å². The van der Waals surface area contributed by atoms with Crippen molar-refractivity contribution in [2.45, 2.75) is 20.8 Å². The van der Waals surface area contributed by atoms with Crippen molar-refractivity contribution in [3.63, 3.8) is 0 Å². The second-order valence-corrected chi connectivity index (χ2v) is 6.42. The van der Waals surface area contributed by atoms with Crippen LogP contribution in [-0.4, -0.2) is 25.3 Å². The van der Waals surface area contributed by atoms with Gasteiger partial charge in [-0.3, -0.25) is 0 Å². The van der Waals surface area contributed by atoms with Gasteiger partial charge in [0.1, 0.15) is 5.75 Å². The number of thiocarbonyl (C=S) groups is 1. The van der Waals surface area contributed by atoms with E-state index in [1.54, 1.807) is 19.2 Å². The van der Waals surface area contributed by atoms with Crippen LogP contribution in [0.1, 0.15) is 19.4 Å². The van der Waals surface area contributed by atoms with Crippen LogP contribution in [0.5, 0.6) is 5.75 Å². The molecule has 2 rings (SSSR count). The number of methoxy groups -OCH3 is 1. The van der Waals surface area contributed by atoms with Crippen molar-refractivity contribution in [2.24, 2.45) is 0 Å². The fourth-order valence-electron chi connectivity index (χ4n) is 2.60. The Morgan fingerprint density at radius 2 is 1.84 bits per heavy atom. The highest BCUT2D eigenvalue weighted by Gasteiger charge is 2.07. The Morgan fingerprint density at radius 1 is 1.12 bits per heavy atom. The zero-order valence-corrected chi connectivity index (χ0v) is 16.6. The first-order chi connectivity index (χ1) is 12.0. The number of hydrogen-bond donors (Lipinski definition) is 2. The monoisotopic (exact) mass is 377 g/mol. The second-order valence-electron chi connectivity index (χ2n) is 5.60. The SMILES string of the molecule is CCN(CC)c1ccc(NC(=S)Nc2ccc(OC)c(Cl)c2)c(C)c1. The normalized spacial score (nSPS) is 10.3. The molecule has 2 aromatic rings. The first-order valence-electron chi connectivity index (χ1n) is 8.25. The smallest absolute Gasteiger partial charge is 0.175 e. The minimum Gasteiger partial charge on any atom is -0.495 e. The highest BCUT2D eigenvalue weighted by molar-refractivity contribution is 7.80. The average molecular weight is 378 g/mol. The van der Waals surface area contributed by atoms with Crippen LogP contribution in [0.15, 0.2) is 36.4 Å². The Labute approximate surface area is 160 Å². The highest BCUT2D eigenvalue weighted by Crippen LogP contribution is 2.27. The number of hydrogen-bond acceptors (Lipinski definition) is 3. The standard InChI is InChI=1S/C19H24ClN3OS/c1-5-23(6-2)15-8-9-17(13(3)11-15)22-19(25)21-14-7-10-18(24-4)16(20)12-14/h7-12H,5-6H2,1-4H3,(H2,21,22,25). The van der Waals surface area contributed by atoms with E-state index in [9.17, 15) is 0 Å². The predicted molar refractivity (Wildman–Crippen MR) is 113 cm³/mol. The number of halogens is 1. The zero-order valence-electron chi connectivity index (χ0n) is 15.0. The highest BCUT2D eigenvalue weighted by atomic mass is 35.5. The molecule has 0 amide bonds. The molecule has 0 unspecified atom stereocenters. The predicted octanol–water partition coefficient (Wildman–Crippen LogP) is 5.31. The van der Waals surface area contributed by atoms with Gasteiger partial charge in [0.15, 0.2) is 5.11 Å². The lowest BCUT2D eigenvalue weighted by Gasteiger charge is -2.22. The first kappa shape index (κ1) is 19.3. The van der Waals surface area contributed by atoms with Crippen molar-refractivity contribution < 1.29 is 4.74 Å². The number of aryl methyl sites for hydroxylation is 1. The Balaban J connectivity index is 2.06. The third-order valence-corrected chi connectivity index (χ3v) is 4.50. The summed E-state index contributed by atoms with van der Waals surface area (Å²) in [6, 6.07) is 11.8. The quantitative estimate of drug-likeness (QED) is 0.667. The molecule has 0 aromatic heterocycles. The van der Waals surface area contributed by atoms with Crippen molar-refractivity contribution in [3.8, 4) is 5.75 Å². The van der Waals surface area contributed by atoms with Crippen molar-refractivity contribution in [2.75, 3.05) is 35.7 Å². The summed E-state index contributed by atoms with van der Waals surface area (Å²) in [4.78, 5) is 2.31. The molecular weight excluding hydrogens is 354 g/mol. The fraction of sp³-hybridized carbons (Fsp3) is 0.316. The minimum atomic E-state index is 0.514. The van der Waals surface area contributed by atoms with E-state index in [0.717, 1.165) is 30.0 Å². The van der Waals surface area contributed by atoms with Crippen LogP contribution in [0, 0.1) is 6.92 Å². The summed E-state index contributed by atoms with van der Waals surface area (Å²) < 4.78 is 5.15. The van der Waals surface area contributed by atoms with E-state index in [2.05, 4.69) is 54.5 Å². The summed E-state index contributed by atoms with van der Waals surface area (Å²) in [5, 5.41) is 7.43. The third-order valence-electron chi connectivity index (χ3n) is 4.00. The molecular formula is C19H24ClN3OS. The van der Waals surface area contributed by atoms with E-state index in [4.69, 9.17) is 28.6 Å². The van der Waals surface area contributed by atoms with E-state index in [1.165, 1.54) is 5.69 Å². The third kappa shape index (κ3) is 5.00. The maximum absolute atomic E-state index is 6.14. The first-order valence-corrected chi connectivity index (χ1v) is 9.04. The van der Waals surface area contributed by atoms with Crippen LogP contribution in [0.25, 0.3) is 0 Å². The van der Waals surface area contributed by atoms with Crippen molar-refractivity contribution in [3.05, 3.63) is 47.0 Å². The molecule has 0 saturated heterocycles. The molecule has 0 heterocycles. The summed E-state index contributed by atoms with van der Waals surface area (Å²) in [7, 11) is 1.59. The van der Waals surface area contributed by atoms with Crippen LogP contribution in [0.3, 0.4) is 0 Å². The van der Waals surface area contributed by atoms with Gasteiger partial charge in [0.2, 0.25) is 0 Å². The molecule has 0 radical (unpaired) electrons. The molecule has 0 atom stereocenters. The minimum absolute atomic E-state index is 0.514. The lowest BCUT2D eigenvalue weighted by Crippen LogP contribution is -2.22. The van der Waals surface area contributed by atoms with Gasteiger partial charge in [-0.15, -0.1) is 0 Å². The van der Waals surface area contributed by atoms with Crippen LogP contribution in [-0.2, 0) is 0 Å². The molecule has 4 nitrogen and oxygen atoms in total. The number of anilines is 3. The molecule has 0 aliphatic rings. The van der Waals surface area contributed by atoms with Crippen LogP contribution in [0.2, 0.25) is 5.02 Å². The van der Waals surface area contributed by atoms with Gasteiger partial charge in [-0.2, -0.15) is 0 Å². The Bertz CT molecular complexity index is 747. The summed E-state index contributed by atoms with van der Waals surface area (Å²) in [5.41, 5.74) is 4.14. The average Bonchev–Trinajstić information content (AvgIpc) is 2.58. The van der Waals surface area contributed by atoms with E-state index in [-0.39, 0.29) is 0 Å². The summed E-state index contributed by atoms with van der Waals surface area (Å²) >= 11 is 11.5. The topological polar surface area (TPSA) is 36.5 Å². The lowest BCUT2D eigenvalue weighted by atomic mass is 10.1. The van der Waals surface area contributed by atoms with Gasteiger partial charge in [0.25, 0.3) is 0 Å². The molecule has 0 fully saturated rings. The van der Waals surface area contributed by atoms with Crippen LogP contribution >= 0.6 is 23.8 Å². The van der Waals surface area contributed by atoms with Gasteiger partial charge in [-0.1, -0.05) is 11.6 Å². The van der Waals surface area contributed by atoms with Gasteiger partial charge < -0.3 is 20.3 Å². The van der Waals surface area contributed by atoms with Crippen LogP contribution in [0.4, 0.5) is 17.1 Å². The molecule has 0 spiro atoms. The Kier molecular flexibility index (Phi) is 6.91. The van der Waals surface area contributed by atoms with Crippen molar-refractivity contribution in [1.29, 1.82) is 0 Å². The summed E-state index contributed by atoms with van der Waals surface area (Å²) in [6.07, 6.45) is 0. The molecule has 2 N–H and O–H groups in total. The van der Waals surface area contributed by atoms with E-state index in [0.29, 0.717) is 15.9 Å². The fourth-order valence-corrected chi connectivity index (χ4v) is 3.09. The molecule has 2 aromatic carbocycles. The number of nitrogens with one attached hydrogen (secondary N) is 2. The van der Waals surface area contributed by atoms with Gasteiger partial charge in [-0.25, -0.2) is 0 Å². The molecule has 0 aliphatic carbocycles. The van der Waals surface area contributed by atoms with Gasteiger partial charge >= 0.3 is 0 Å². The van der Waals surface area contributed by atoms with Crippen molar-refractivity contribution >= 4 is 46.0 Å². The zero-order chi connectivity index (χ0) is 18.4. The number of benzene rings is 2. The molecule has 0 saturated carbocycles. The maximum atomic E-state index is 6.14. The number of ether oxygens (including phenoxy) is 1. The number of rotatable bonds is 6. The van der Waals surface area contributed by atoms with Gasteiger partial charge in [-0.05, 0) is 75.0 Å². The molecule has 0 bridgehead atoms. The van der Waals surface area contributed by atoms with Crippen LogP contribution < -0.4 is 20.3 Å². The van der Waals surface area contributed by atoms with Gasteiger partial charge in [0, 0.05) is 30.2 Å². The molecule has 6 heteroatoms. The van der Waals surface area contributed by atoms with Gasteiger partial charge in [0.05, 0.1) is 12.1 Å². The Hall–Kier alpha value is -1.98. The molecule has 25 heavy (non-hydrogen) atoms. The van der Waals surface area contributed by atoms with E-state index in [1.807, 2.05) is 6.07 Å². The number of nitrogens with zero attached hydrogens (tertiary/aromatic N) is 1. The molecule has 134 valence electrons. The summed E-state index contributed by atoms with van der Waals surface area (Å²) in [6.45, 7) is 8.36. The lowest BCUT2D eigenvalue weighted by molar-refractivity contribution is 0.415. The maximum Gasteiger partial charge on any atom is 0.175 e. The molecule has 0 aliphatic heterocycles.